The van der Waals surface area contributed by atoms with Crippen molar-refractivity contribution in [2.24, 2.45) is 0 Å². The Kier molecular flexibility index (Phi) is 5.54. The molecule has 0 unspecified atom stereocenters. The normalized spacial score (nSPS) is 15.2. The predicted molar refractivity (Wildman–Crippen MR) is 112 cm³/mol. The van der Waals surface area contributed by atoms with Gasteiger partial charge in [-0.15, -0.1) is 11.3 Å². The number of hydrogen-bond donors (Lipinski definition) is 1. The third-order valence-corrected chi connectivity index (χ3v) is 6.26. The molecule has 0 spiro atoms. The van der Waals surface area contributed by atoms with Gasteiger partial charge < -0.3 is 9.80 Å². The fourth-order valence-corrected chi connectivity index (χ4v) is 4.74. The molecule has 0 radical (unpaired) electrons. The molecule has 1 aliphatic heterocycles. The van der Waals surface area contributed by atoms with Crippen LogP contribution in [-0.2, 0) is 11.3 Å². The van der Waals surface area contributed by atoms with Gasteiger partial charge in [0.05, 0.1) is 44.4 Å². The Morgan fingerprint density at radius 1 is 1.21 bits per heavy atom. The van der Waals surface area contributed by atoms with Crippen molar-refractivity contribution in [3.05, 3.63) is 52.4 Å². The summed E-state index contributed by atoms with van der Waals surface area (Å²) < 4.78 is 1.45. The van der Waals surface area contributed by atoms with E-state index in [4.69, 9.17) is 0 Å². The molecular weight excluding hydrogens is 372 g/mol. The zero-order valence-electron chi connectivity index (χ0n) is 16.1. The van der Waals surface area contributed by atoms with Gasteiger partial charge in [-0.3, -0.25) is 14.2 Å². The van der Waals surface area contributed by atoms with Crippen LogP contribution in [0.4, 0.5) is 0 Å². The van der Waals surface area contributed by atoms with Crippen LogP contribution in [0, 0.1) is 0 Å². The Hall–Kier alpha value is -2.51. The van der Waals surface area contributed by atoms with Crippen molar-refractivity contribution >= 4 is 27.5 Å². The first-order chi connectivity index (χ1) is 13.7. The van der Waals surface area contributed by atoms with Crippen molar-refractivity contribution < 1.29 is 9.69 Å². The van der Waals surface area contributed by atoms with Crippen molar-refractivity contribution in [2.75, 3.05) is 32.7 Å². The molecule has 3 heterocycles. The zero-order chi connectivity index (χ0) is 19.5. The number of benzene rings is 1. The van der Waals surface area contributed by atoms with Crippen LogP contribution in [-0.4, -0.2) is 53.1 Å². The molecule has 0 saturated carbocycles. The smallest absolute Gasteiger partial charge is 0.263 e. The first-order valence-electron chi connectivity index (χ1n) is 9.80. The average Bonchev–Trinajstić information content (AvgIpc) is 3.16. The minimum Gasteiger partial charge on any atom is -0.332 e. The van der Waals surface area contributed by atoms with Gasteiger partial charge in [0.1, 0.15) is 11.4 Å². The van der Waals surface area contributed by atoms with E-state index >= 15 is 0 Å². The first-order valence-corrected chi connectivity index (χ1v) is 10.7. The maximum Gasteiger partial charge on any atom is 0.263 e. The van der Waals surface area contributed by atoms with Crippen molar-refractivity contribution in [1.29, 1.82) is 0 Å². The van der Waals surface area contributed by atoms with E-state index in [2.05, 4.69) is 11.9 Å². The SMILES string of the molecule is CCC[NH+]1CCN(C(=O)Cn2cnc3scc(-c4ccccc4)c3c2=O)CC1. The molecule has 0 aliphatic carbocycles. The summed E-state index contributed by atoms with van der Waals surface area (Å²) in [6.45, 7) is 6.87. The summed E-state index contributed by atoms with van der Waals surface area (Å²) in [5, 5.41) is 2.57. The summed E-state index contributed by atoms with van der Waals surface area (Å²) >= 11 is 1.46. The van der Waals surface area contributed by atoms with Gasteiger partial charge in [-0.25, -0.2) is 4.98 Å². The third kappa shape index (κ3) is 3.72. The van der Waals surface area contributed by atoms with E-state index in [0.29, 0.717) is 10.2 Å². The second-order valence-electron chi connectivity index (χ2n) is 7.25. The first kappa shape index (κ1) is 18.8. The van der Waals surface area contributed by atoms with Gasteiger partial charge in [0.15, 0.2) is 0 Å². The standard InChI is InChI=1S/C21H24N4O2S/c1-2-8-23-9-11-24(12-10-23)18(26)13-25-15-22-20-19(21(25)27)17(14-28-20)16-6-4-3-5-7-16/h3-7,14-15H,2,8-13H2,1H3/p+1. The van der Waals surface area contributed by atoms with Crippen molar-refractivity contribution in [3.63, 3.8) is 0 Å². The van der Waals surface area contributed by atoms with E-state index < -0.39 is 0 Å². The monoisotopic (exact) mass is 397 g/mol. The molecule has 0 bridgehead atoms. The maximum absolute atomic E-state index is 13.1. The number of fused-ring (bicyclic) bond motifs is 1. The molecule has 6 nitrogen and oxygen atoms in total. The van der Waals surface area contributed by atoms with Gasteiger partial charge >= 0.3 is 0 Å². The Balaban J connectivity index is 1.56. The Morgan fingerprint density at radius 3 is 2.68 bits per heavy atom. The lowest BCUT2D eigenvalue weighted by Crippen LogP contribution is -3.14. The Morgan fingerprint density at radius 2 is 1.96 bits per heavy atom. The van der Waals surface area contributed by atoms with E-state index in [1.165, 1.54) is 22.2 Å². The average molecular weight is 398 g/mol. The molecule has 146 valence electrons. The topological polar surface area (TPSA) is 59.6 Å². The number of amides is 1. The molecule has 1 N–H and O–H groups in total. The molecule has 1 fully saturated rings. The van der Waals surface area contributed by atoms with Crippen molar-refractivity contribution in [3.8, 4) is 11.1 Å². The third-order valence-electron chi connectivity index (χ3n) is 5.38. The second kappa shape index (κ2) is 8.24. The number of quaternary nitrogens is 1. The van der Waals surface area contributed by atoms with Gasteiger partial charge in [-0.1, -0.05) is 37.3 Å². The van der Waals surface area contributed by atoms with Crippen LogP contribution < -0.4 is 10.5 Å². The molecule has 1 amide bonds. The molecule has 1 aromatic carbocycles. The number of carbonyl (C=O) groups excluding carboxylic acids is 1. The van der Waals surface area contributed by atoms with E-state index in [1.807, 2.05) is 40.6 Å². The molecule has 1 saturated heterocycles. The fraction of sp³-hybridized carbons (Fsp3) is 0.381. The van der Waals surface area contributed by atoms with Crippen LogP contribution in [0.3, 0.4) is 0 Å². The van der Waals surface area contributed by atoms with Gasteiger partial charge in [0, 0.05) is 10.9 Å². The second-order valence-corrected chi connectivity index (χ2v) is 8.11. The number of thiophene rings is 1. The zero-order valence-corrected chi connectivity index (χ0v) is 16.9. The summed E-state index contributed by atoms with van der Waals surface area (Å²) in [5.74, 6) is -0.00436. The quantitative estimate of drug-likeness (QED) is 0.705. The van der Waals surface area contributed by atoms with Gasteiger partial charge in [0.25, 0.3) is 5.56 Å². The number of carbonyl (C=O) groups is 1. The summed E-state index contributed by atoms with van der Waals surface area (Å²) in [6, 6.07) is 9.84. The lowest BCUT2D eigenvalue weighted by molar-refractivity contribution is -0.904. The van der Waals surface area contributed by atoms with E-state index in [0.717, 1.165) is 50.3 Å². The maximum atomic E-state index is 13.1. The highest BCUT2D eigenvalue weighted by molar-refractivity contribution is 7.17. The molecular formula is C21H25N4O2S+. The number of nitrogens with one attached hydrogen (secondary N) is 1. The minimum atomic E-state index is -0.145. The van der Waals surface area contributed by atoms with Crippen LogP contribution in [0.5, 0.6) is 0 Å². The van der Waals surface area contributed by atoms with Gasteiger partial charge in [-0.05, 0) is 12.0 Å². The molecule has 0 atom stereocenters. The predicted octanol–water partition coefficient (Wildman–Crippen LogP) is 1.26. The van der Waals surface area contributed by atoms with Crippen LogP contribution >= 0.6 is 11.3 Å². The lowest BCUT2D eigenvalue weighted by Gasteiger charge is -2.32. The van der Waals surface area contributed by atoms with E-state index in [9.17, 15) is 9.59 Å². The summed E-state index contributed by atoms with van der Waals surface area (Å²) in [5.41, 5.74) is 1.73. The van der Waals surface area contributed by atoms with Crippen molar-refractivity contribution in [1.82, 2.24) is 14.5 Å². The Labute approximate surface area is 168 Å². The molecule has 2 aromatic heterocycles. The van der Waals surface area contributed by atoms with Crippen LogP contribution in [0.25, 0.3) is 21.3 Å². The highest BCUT2D eigenvalue weighted by atomic mass is 32.1. The number of aromatic nitrogens is 2. The number of nitrogens with zero attached hydrogens (tertiary/aromatic N) is 3. The van der Waals surface area contributed by atoms with Crippen LogP contribution in [0.1, 0.15) is 13.3 Å². The lowest BCUT2D eigenvalue weighted by atomic mass is 10.1. The highest BCUT2D eigenvalue weighted by Crippen LogP contribution is 2.30. The number of rotatable bonds is 5. The summed E-state index contributed by atoms with van der Waals surface area (Å²) in [4.78, 5) is 34.4. The largest absolute Gasteiger partial charge is 0.332 e. The van der Waals surface area contributed by atoms with Gasteiger partial charge in [-0.2, -0.15) is 0 Å². The summed E-state index contributed by atoms with van der Waals surface area (Å²) in [7, 11) is 0. The molecule has 7 heteroatoms. The molecule has 1 aliphatic rings. The van der Waals surface area contributed by atoms with Crippen LogP contribution in [0.2, 0.25) is 0 Å². The van der Waals surface area contributed by atoms with Gasteiger partial charge in [0.2, 0.25) is 5.91 Å². The summed E-state index contributed by atoms with van der Waals surface area (Å²) in [6.07, 6.45) is 2.67. The molecule has 4 rings (SSSR count). The number of piperazine rings is 1. The minimum absolute atomic E-state index is 0.00436. The Bertz CT molecular complexity index is 1020. The fourth-order valence-electron chi connectivity index (χ4n) is 3.83. The molecule has 28 heavy (non-hydrogen) atoms. The van der Waals surface area contributed by atoms with E-state index in [1.54, 1.807) is 4.90 Å². The molecule has 3 aromatic rings. The van der Waals surface area contributed by atoms with E-state index in [-0.39, 0.29) is 18.0 Å². The highest BCUT2D eigenvalue weighted by Gasteiger charge is 2.24. The number of hydrogen-bond acceptors (Lipinski definition) is 4. The van der Waals surface area contributed by atoms with Crippen LogP contribution in [0.15, 0.2) is 46.8 Å². The van der Waals surface area contributed by atoms with Crippen molar-refractivity contribution in [2.45, 2.75) is 19.9 Å².